The lowest BCUT2D eigenvalue weighted by molar-refractivity contribution is -0.132. The van der Waals surface area contributed by atoms with Crippen LogP contribution in [0, 0.1) is 29.6 Å². The quantitative estimate of drug-likeness (QED) is 0.372. The van der Waals surface area contributed by atoms with Crippen LogP contribution in [0.15, 0.2) is 47.6 Å². The van der Waals surface area contributed by atoms with E-state index in [0.29, 0.717) is 21.5 Å². The number of anilines is 1. The number of ether oxygens (including phenoxy) is 1. The van der Waals surface area contributed by atoms with Crippen LogP contribution in [-0.4, -0.2) is 29.6 Å². The number of carbonyl (C=O) groups is 3. The molecule has 7 nitrogen and oxygen atoms in total. The Morgan fingerprint density at radius 1 is 1.03 bits per heavy atom. The van der Waals surface area contributed by atoms with Gasteiger partial charge in [-0.25, -0.2) is 0 Å². The van der Waals surface area contributed by atoms with Gasteiger partial charge in [-0.05, 0) is 48.7 Å². The summed E-state index contributed by atoms with van der Waals surface area (Å²) < 4.78 is 5.05. The second-order valence-corrected chi connectivity index (χ2v) is 9.75. The number of oxime groups is 1. The molecule has 2 aromatic carbocycles. The Kier molecular flexibility index (Phi) is 4.58. The van der Waals surface area contributed by atoms with E-state index in [9.17, 15) is 14.4 Å². The highest BCUT2D eigenvalue weighted by atomic mass is 35.5. The average Bonchev–Trinajstić information content (AvgIpc) is 3.49. The predicted molar refractivity (Wildman–Crippen MR) is 120 cm³/mol. The molecule has 0 radical (unpaired) electrons. The number of hydrogen-bond acceptors (Lipinski definition) is 6. The van der Waals surface area contributed by atoms with Crippen molar-refractivity contribution in [3.05, 3.63) is 58.1 Å². The topological polar surface area (TPSA) is 85.3 Å². The third-order valence-electron chi connectivity index (χ3n) is 7.25. The molecule has 0 unspecified atom stereocenters. The summed E-state index contributed by atoms with van der Waals surface area (Å²) in [7, 11) is 0. The molecule has 2 aromatic rings. The van der Waals surface area contributed by atoms with Gasteiger partial charge < -0.3 is 9.57 Å². The zero-order chi connectivity index (χ0) is 23.0. The van der Waals surface area contributed by atoms with Crippen LogP contribution in [-0.2, 0) is 19.2 Å². The van der Waals surface area contributed by atoms with E-state index in [4.69, 9.17) is 32.8 Å². The summed E-state index contributed by atoms with van der Waals surface area (Å²) in [5.41, 5.74) is 1.93. The second-order valence-electron chi connectivity index (χ2n) is 8.91. The summed E-state index contributed by atoms with van der Waals surface area (Å²) in [6.45, 7) is 1.31. The lowest BCUT2D eigenvalue weighted by Gasteiger charge is -2.30. The van der Waals surface area contributed by atoms with Crippen molar-refractivity contribution < 1.29 is 24.0 Å². The summed E-state index contributed by atoms with van der Waals surface area (Å²) in [6.07, 6.45) is 0.493. The Morgan fingerprint density at radius 2 is 1.73 bits per heavy atom. The molecule has 2 amide bonds. The molecule has 2 aliphatic carbocycles. The van der Waals surface area contributed by atoms with Crippen LogP contribution in [0.5, 0.6) is 5.75 Å². The van der Waals surface area contributed by atoms with Gasteiger partial charge in [-0.1, -0.05) is 34.4 Å². The molecule has 4 aliphatic rings. The molecule has 33 heavy (non-hydrogen) atoms. The van der Waals surface area contributed by atoms with E-state index in [2.05, 4.69) is 5.16 Å². The molecule has 2 bridgehead atoms. The van der Waals surface area contributed by atoms with Crippen LogP contribution in [0.4, 0.5) is 5.69 Å². The molecule has 2 heterocycles. The van der Waals surface area contributed by atoms with Crippen LogP contribution < -0.4 is 9.64 Å². The van der Waals surface area contributed by atoms with Gasteiger partial charge in [0.2, 0.25) is 11.8 Å². The van der Waals surface area contributed by atoms with E-state index in [0.717, 1.165) is 17.7 Å². The molecule has 1 saturated heterocycles. The van der Waals surface area contributed by atoms with E-state index in [1.165, 1.54) is 11.8 Å². The first kappa shape index (κ1) is 20.7. The summed E-state index contributed by atoms with van der Waals surface area (Å²) in [4.78, 5) is 45.1. The highest BCUT2D eigenvalue weighted by molar-refractivity contribution is 6.37. The molecule has 6 rings (SSSR count). The minimum atomic E-state index is -0.438. The standard InChI is InChI=1S/C24H18Cl2N2O5/c1-10(29)32-13-5-3-12(4-6-13)28-23(30)18-15-9-16(19(18)24(28)31)22-20(15)21(27-33-22)14-7-2-11(25)8-17(14)26/h2-8,15-16,18-20,22H,9H2,1H3/t15-,16+,18-,19+,20+,22+/m1/s1. The normalized spacial score (nSPS) is 31.4. The van der Waals surface area contributed by atoms with Gasteiger partial charge in [0.15, 0.2) is 0 Å². The lowest BCUT2D eigenvalue weighted by Crippen LogP contribution is -2.41. The van der Waals surface area contributed by atoms with Gasteiger partial charge in [0.25, 0.3) is 0 Å². The highest BCUT2D eigenvalue weighted by Gasteiger charge is 2.70. The molecule has 2 saturated carbocycles. The number of imide groups is 1. The monoisotopic (exact) mass is 484 g/mol. The molecule has 9 heteroatoms. The Labute approximate surface area is 199 Å². The minimum absolute atomic E-state index is 0.0558. The molecule has 3 fully saturated rings. The Hall–Kier alpha value is -2.90. The fourth-order valence-electron chi connectivity index (χ4n) is 6.13. The van der Waals surface area contributed by atoms with Gasteiger partial charge in [-0.2, -0.15) is 0 Å². The second kappa shape index (κ2) is 7.30. The number of esters is 1. The van der Waals surface area contributed by atoms with Gasteiger partial charge in [0, 0.05) is 29.3 Å². The van der Waals surface area contributed by atoms with Crippen molar-refractivity contribution in [2.45, 2.75) is 19.4 Å². The van der Waals surface area contributed by atoms with Gasteiger partial charge in [0.1, 0.15) is 11.9 Å². The van der Waals surface area contributed by atoms with Crippen molar-refractivity contribution in [2.24, 2.45) is 34.7 Å². The number of amides is 2. The van der Waals surface area contributed by atoms with Crippen molar-refractivity contribution in [3.8, 4) is 5.75 Å². The van der Waals surface area contributed by atoms with Crippen molar-refractivity contribution >= 4 is 52.4 Å². The maximum Gasteiger partial charge on any atom is 0.308 e. The lowest BCUT2D eigenvalue weighted by atomic mass is 9.71. The van der Waals surface area contributed by atoms with Crippen molar-refractivity contribution in [3.63, 3.8) is 0 Å². The molecular formula is C24H18Cl2N2O5. The maximum absolute atomic E-state index is 13.5. The van der Waals surface area contributed by atoms with Crippen LogP contribution >= 0.6 is 23.2 Å². The number of hydrogen-bond donors (Lipinski definition) is 0. The van der Waals surface area contributed by atoms with E-state index >= 15 is 0 Å². The van der Waals surface area contributed by atoms with Crippen LogP contribution in [0.2, 0.25) is 10.0 Å². The van der Waals surface area contributed by atoms with E-state index in [1.54, 1.807) is 36.4 Å². The zero-order valence-corrected chi connectivity index (χ0v) is 18.9. The van der Waals surface area contributed by atoms with Gasteiger partial charge in [-0.3, -0.25) is 19.3 Å². The summed E-state index contributed by atoms with van der Waals surface area (Å²) in [5.74, 6) is -1.58. The number of nitrogens with zero attached hydrogens (tertiary/aromatic N) is 2. The Bertz CT molecular complexity index is 1240. The SMILES string of the molecule is CC(=O)Oc1ccc(N2C(=O)[C@@H]3[C@H]4C[C@H]([C@@H]5ON=C(c6ccc(Cl)cc6Cl)[C@H]45)[C@@H]3C2=O)cc1. The molecule has 0 aromatic heterocycles. The largest absolute Gasteiger partial charge is 0.427 e. The zero-order valence-electron chi connectivity index (χ0n) is 17.4. The third kappa shape index (κ3) is 2.95. The number of benzene rings is 2. The number of carbonyl (C=O) groups excluding carboxylic acids is 3. The fourth-order valence-corrected chi connectivity index (χ4v) is 6.63. The highest BCUT2D eigenvalue weighted by Crippen LogP contribution is 2.62. The molecule has 0 spiro atoms. The van der Waals surface area contributed by atoms with Gasteiger partial charge in [0.05, 0.1) is 28.3 Å². The summed E-state index contributed by atoms with van der Waals surface area (Å²) in [6, 6.07) is 11.6. The van der Waals surface area contributed by atoms with E-state index in [1.807, 2.05) is 6.07 Å². The number of halogens is 2. The first-order valence-corrected chi connectivity index (χ1v) is 11.5. The first-order valence-electron chi connectivity index (χ1n) is 10.7. The summed E-state index contributed by atoms with van der Waals surface area (Å²) in [5, 5.41) is 5.33. The van der Waals surface area contributed by atoms with Gasteiger partial charge >= 0.3 is 5.97 Å². The average molecular weight is 485 g/mol. The summed E-state index contributed by atoms with van der Waals surface area (Å²) >= 11 is 12.5. The maximum atomic E-state index is 13.5. The van der Waals surface area contributed by atoms with Gasteiger partial charge in [-0.15, -0.1) is 0 Å². The van der Waals surface area contributed by atoms with E-state index in [-0.39, 0.29) is 35.7 Å². The smallest absolute Gasteiger partial charge is 0.308 e. The van der Waals surface area contributed by atoms with Crippen molar-refractivity contribution in [1.82, 2.24) is 0 Å². The molecule has 168 valence electrons. The first-order chi connectivity index (χ1) is 15.8. The molecule has 2 aliphatic heterocycles. The fraction of sp³-hybridized carbons (Fsp3) is 0.333. The number of fused-ring (bicyclic) bond motifs is 8. The minimum Gasteiger partial charge on any atom is -0.427 e. The van der Waals surface area contributed by atoms with Crippen molar-refractivity contribution in [2.75, 3.05) is 4.90 Å². The molecule has 6 atom stereocenters. The third-order valence-corrected chi connectivity index (χ3v) is 7.80. The van der Waals surface area contributed by atoms with Crippen LogP contribution in [0.3, 0.4) is 0 Å². The molecular weight excluding hydrogens is 467 g/mol. The van der Waals surface area contributed by atoms with Crippen LogP contribution in [0.1, 0.15) is 18.9 Å². The number of rotatable bonds is 3. The van der Waals surface area contributed by atoms with Crippen LogP contribution in [0.25, 0.3) is 0 Å². The van der Waals surface area contributed by atoms with Crippen molar-refractivity contribution in [1.29, 1.82) is 0 Å². The Morgan fingerprint density at radius 3 is 2.39 bits per heavy atom. The van der Waals surface area contributed by atoms with E-state index < -0.39 is 17.8 Å². The predicted octanol–water partition coefficient (Wildman–Crippen LogP) is 4.09. The Balaban J connectivity index is 1.30. The molecule has 0 N–H and O–H groups in total.